The Kier molecular flexibility index (Phi) is 4.28. The lowest BCUT2D eigenvalue weighted by Crippen LogP contribution is -2.12. The summed E-state index contributed by atoms with van der Waals surface area (Å²) >= 11 is 1.96. The van der Waals surface area contributed by atoms with Crippen LogP contribution in [0, 0.1) is 0 Å². The molecule has 0 saturated heterocycles. The molecule has 0 aliphatic heterocycles. The van der Waals surface area contributed by atoms with Crippen molar-refractivity contribution in [3.05, 3.63) is 35.9 Å². The van der Waals surface area contributed by atoms with Crippen molar-refractivity contribution >= 4 is 19.2 Å². The maximum atomic E-state index is 2.36. The van der Waals surface area contributed by atoms with E-state index >= 15 is 0 Å². The molecule has 2 atom stereocenters. The molecule has 13 heavy (non-hydrogen) atoms. The Bertz CT molecular complexity index is 248. The predicted octanol–water partition coefficient (Wildman–Crippen LogP) is 4.27. The molecule has 0 radical (unpaired) electrons. The second-order valence-corrected chi connectivity index (χ2v) is 6.91. The second-order valence-electron chi connectivity index (χ2n) is 3.36. The molecule has 0 N–H and O–H groups in total. The number of hydrogen-bond donors (Lipinski definition) is 0. The largest absolute Gasteiger partial charge is 0.140 e. The van der Waals surface area contributed by atoms with Crippen molar-refractivity contribution in [3.63, 3.8) is 0 Å². The van der Waals surface area contributed by atoms with Crippen LogP contribution in [-0.2, 0) is 5.16 Å². The van der Waals surface area contributed by atoms with Crippen molar-refractivity contribution < 1.29 is 0 Å². The Morgan fingerprint density at radius 1 is 1.31 bits per heavy atom. The van der Waals surface area contributed by atoms with Crippen LogP contribution >= 0.6 is 19.2 Å². The topological polar surface area (TPSA) is 0 Å². The molecular weight excluding hydrogens is 195 g/mol. The first-order valence-corrected chi connectivity index (χ1v) is 7.53. The summed E-state index contributed by atoms with van der Waals surface area (Å²) in [5.41, 5.74) is 1.48. The van der Waals surface area contributed by atoms with E-state index in [1.165, 1.54) is 12.0 Å². The minimum Gasteiger partial charge on any atom is -0.140 e. The average molecular weight is 212 g/mol. The van der Waals surface area contributed by atoms with Crippen molar-refractivity contribution in [2.24, 2.45) is 0 Å². The number of rotatable bonds is 4. The van der Waals surface area contributed by atoms with Crippen molar-refractivity contribution in [2.45, 2.75) is 25.4 Å². The third kappa shape index (κ3) is 2.72. The zero-order chi connectivity index (χ0) is 9.73. The van der Waals surface area contributed by atoms with Crippen LogP contribution in [0.4, 0.5) is 0 Å². The Morgan fingerprint density at radius 3 is 2.38 bits per heavy atom. The molecule has 0 spiro atoms. The van der Waals surface area contributed by atoms with Gasteiger partial charge in [-0.1, -0.05) is 52.0 Å². The highest BCUT2D eigenvalue weighted by Gasteiger charge is 2.23. The van der Waals surface area contributed by atoms with E-state index < -0.39 is 0 Å². The Balaban J connectivity index is 2.89. The van der Waals surface area contributed by atoms with Gasteiger partial charge in [-0.15, -0.1) is 11.4 Å². The van der Waals surface area contributed by atoms with Gasteiger partial charge in [-0.2, -0.15) is 0 Å². The van der Waals surface area contributed by atoms with Gasteiger partial charge in [0.25, 0.3) is 0 Å². The molecule has 0 aliphatic rings. The standard InChI is InChI=1S/C11H17PS/c1-4-11(2,12-13-3)10-8-6-5-7-9-10/h5-9,12H,4H2,1-3H3. The van der Waals surface area contributed by atoms with E-state index in [0.717, 1.165) is 7.78 Å². The average Bonchev–Trinajstić information content (AvgIpc) is 2.19. The lowest BCUT2D eigenvalue weighted by Gasteiger charge is -2.27. The summed E-state index contributed by atoms with van der Waals surface area (Å²) in [7, 11) is 0.953. The summed E-state index contributed by atoms with van der Waals surface area (Å²) in [6, 6.07) is 10.8. The summed E-state index contributed by atoms with van der Waals surface area (Å²) in [4.78, 5) is 0. The van der Waals surface area contributed by atoms with Gasteiger partial charge in [0.15, 0.2) is 0 Å². The molecule has 0 aliphatic carbocycles. The van der Waals surface area contributed by atoms with Crippen LogP contribution in [0.15, 0.2) is 30.3 Å². The molecule has 0 fully saturated rings. The van der Waals surface area contributed by atoms with Gasteiger partial charge in [0.1, 0.15) is 0 Å². The second kappa shape index (κ2) is 5.02. The zero-order valence-corrected chi connectivity index (χ0v) is 10.3. The van der Waals surface area contributed by atoms with Crippen LogP contribution in [0.5, 0.6) is 0 Å². The third-order valence-electron chi connectivity index (χ3n) is 2.45. The molecule has 1 aromatic carbocycles. The van der Waals surface area contributed by atoms with Gasteiger partial charge >= 0.3 is 0 Å². The quantitative estimate of drug-likeness (QED) is 0.672. The maximum Gasteiger partial charge on any atom is 0.0188 e. The van der Waals surface area contributed by atoms with Gasteiger partial charge in [0, 0.05) is 5.16 Å². The summed E-state index contributed by atoms with van der Waals surface area (Å²) < 4.78 is 0. The highest BCUT2D eigenvalue weighted by Crippen LogP contribution is 2.50. The molecule has 0 bridgehead atoms. The van der Waals surface area contributed by atoms with E-state index in [-0.39, 0.29) is 0 Å². The zero-order valence-electron chi connectivity index (χ0n) is 8.50. The lowest BCUT2D eigenvalue weighted by atomic mass is 9.98. The van der Waals surface area contributed by atoms with Crippen molar-refractivity contribution in [3.8, 4) is 0 Å². The molecule has 0 heterocycles. The van der Waals surface area contributed by atoms with E-state index in [9.17, 15) is 0 Å². The number of hydrogen-bond acceptors (Lipinski definition) is 1. The SMILES string of the molecule is CCC(C)(PSC)c1ccccc1. The molecular formula is C11H17PS. The first-order valence-electron chi connectivity index (χ1n) is 4.58. The van der Waals surface area contributed by atoms with Crippen molar-refractivity contribution in [1.82, 2.24) is 0 Å². The monoisotopic (exact) mass is 212 g/mol. The predicted molar refractivity (Wildman–Crippen MR) is 65.9 cm³/mol. The first-order chi connectivity index (χ1) is 6.23. The van der Waals surface area contributed by atoms with Crippen LogP contribution in [0.3, 0.4) is 0 Å². The lowest BCUT2D eigenvalue weighted by molar-refractivity contribution is 0.663. The van der Waals surface area contributed by atoms with Crippen molar-refractivity contribution in [2.75, 3.05) is 6.26 Å². The van der Waals surface area contributed by atoms with Gasteiger partial charge in [-0.25, -0.2) is 0 Å². The highest BCUT2D eigenvalue weighted by atomic mass is 32.7. The molecule has 0 aromatic heterocycles. The van der Waals surface area contributed by atoms with Crippen LogP contribution in [0.2, 0.25) is 0 Å². The van der Waals surface area contributed by atoms with Crippen LogP contribution < -0.4 is 0 Å². The van der Waals surface area contributed by atoms with Gasteiger partial charge in [0.05, 0.1) is 0 Å². The molecule has 0 nitrogen and oxygen atoms in total. The summed E-state index contributed by atoms with van der Waals surface area (Å²) in [5, 5.41) is 0.376. The Labute approximate surface area is 87.0 Å². The Morgan fingerprint density at radius 2 is 1.92 bits per heavy atom. The minimum absolute atomic E-state index is 0.376. The molecule has 1 rings (SSSR count). The van der Waals surface area contributed by atoms with Crippen LogP contribution in [0.25, 0.3) is 0 Å². The summed E-state index contributed by atoms with van der Waals surface area (Å²) in [6.07, 6.45) is 3.41. The normalized spacial score (nSPS) is 16.2. The fourth-order valence-corrected chi connectivity index (χ4v) is 4.38. The smallest absolute Gasteiger partial charge is 0.0188 e. The molecule has 0 saturated carbocycles. The van der Waals surface area contributed by atoms with E-state index in [4.69, 9.17) is 0 Å². The van der Waals surface area contributed by atoms with E-state index in [1.54, 1.807) is 0 Å². The van der Waals surface area contributed by atoms with E-state index in [0.29, 0.717) is 5.16 Å². The third-order valence-corrected chi connectivity index (χ3v) is 5.71. The van der Waals surface area contributed by atoms with Crippen LogP contribution in [-0.4, -0.2) is 6.26 Å². The van der Waals surface area contributed by atoms with Gasteiger partial charge in [0.2, 0.25) is 0 Å². The van der Waals surface area contributed by atoms with Crippen LogP contribution in [0.1, 0.15) is 25.8 Å². The van der Waals surface area contributed by atoms with E-state index in [1.807, 2.05) is 11.4 Å². The molecule has 1 aromatic rings. The Hall–Kier alpha value is 0. The molecule has 2 heteroatoms. The first kappa shape index (κ1) is 11.1. The molecule has 72 valence electrons. The van der Waals surface area contributed by atoms with Gasteiger partial charge in [-0.05, 0) is 18.2 Å². The van der Waals surface area contributed by atoms with Crippen molar-refractivity contribution in [1.29, 1.82) is 0 Å². The minimum atomic E-state index is 0.376. The highest BCUT2D eigenvalue weighted by molar-refractivity contribution is 8.49. The fraction of sp³-hybridized carbons (Fsp3) is 0.455. The summed E-state index contributed by atoms with van der Waals surface area (Å²) in [5.74, 6) is 0. The van der Waals surface area contributed by atoms with E-state index in [2.05, 4.69) is 50.4 Å². The van der Waals surface area contributed by atoms with Gasteiger partial charge < -0.3 is 0 Å². The number of benzene rings is 1. The fourth-order valence-electron chi connectivity index (χ4n) is 1.37. The molecule has 0 amide bonds. The van der Waals surface area contributed by atoms with Gasteiger partial charge in [-0.3, -0.25) is 0 Å². The summed E-state index contributed by atoms with van der Waals surface area (Å²) in [6.45, 7) is 4.63. The maximum absolute atomic E-state index is 2.36. The molecule has 2 unspecified atom stereocenters.